The number of ether oxygens (including phenoxy) is 2. The summed E-state index contributed by atoms with van der Waals surface area (Å²) in [7, 11) is 0. The molecule has 0 aliphatic carbocycles. The van der Waals surface area contributed by atoms with Gasteiger partial charge in [0.15, 0.2) is 5.78 Å². The molecule has 0 saturated carbocycles. The number of rotatable bonds is 10. The van der Waals surface area contributed by atoms with E-state index in [1.165, 1.54) is 0 Å². The van der Waals surface area contributed by atoms with Gasteiger partial charge in [0.05, 0.1) is 12.7 Å². The first-order valence-electron chi connectivity index (χ1n) is 9.40. The number of amides is 1. The average molecular weight is 363 g/mol. The Bertz CT molecular complexity index is 551. The number of hydrogen-bond acceptors (Lipinski definition) is 4. The maximum absolute atomic E-state index is 12.6. The van der Waals surface area contributed by atoms with Crippen LogP contribution < -0.4 is 5.32 Å². The van der Waals surface area contributed by atoms with Crippen LogP contribution >= 0.6 is 0 Å². The van der Waals surface area contributed by atoms with Crippen LogP contribution in [0.25, 0.3) is 0 Å². The van der Waals surface area contributed by atoms with E-state index in [0.29, 0.717) is 13.0 Å². The average Bonchev–Trinajstić information content (AvgIpc) is 2.57. The largest absolute Gasteiger partial charge is 0.444 e. The number of carbonyl (C=O) groups excluding carboxylic acids is 2. The molecule has 0 unspecified atom stereocenters. The van der Waals surface area contributed by atoms with Gasteiger partial charge < -0.3 is 14.8 Å². The highest BCUT2D eigenvalue weighted by atomic mass is 16.6. The van der Waals surface area contributed by atoms with Gasteiger partial charge in [-0.05, 0) is 39.7 Å². The molecule has 0 aromatic heterocycles. The zero-order chi connectivity index (χ0) is 19.6. The molecule has 146 valence electrons. The standard InChI is InChI=1S/C21H33NO4/c1-6-7-9-14-18(23)19(22-20(24)26-21(3,4)5)16(2)25-15-17-12-10-8-11-13-17/h8,10-13,16,19H,6-7,9,14-15H2,1-5H3,(H,22,24)/t16-,19+/m1/s1. The first-order valence-corrected chi connectivity index (χ1v) is 9.40. The molecule has 1 rings (SSSR count). The first-order chi connectivity index (χ1) is 12.2. The van der Waals surface area contributed by atoms with Gasteiger partial charge in [0.2, 0.25) is 0 Å². The molecular weight excluding hydrogens is 330 g/mol. The summed E-state index contributed by atoms with van der Waals surface area (Å²) in [6, 6.07) is 9.03. The zero-order valence-corrected chi connectivity index (χ0v) is 16.7. The fourth-order valence-electron chi connectivity index (χ4n) is 2.50. The van der Waals surface area contributed by atoms with Crippen LogP contribution in [0.1, 0.15) is 65.9 Å². The third kappa shape index (κ3) is 8.99. The summed E-state index contributed by atoms with van der Waals surface area (Å²) in [4.78, 5) is 24.8. The van der Waals surface area contributed by atoms with E-state index in [9.17, 15) is 9.59 Å². The Morgan fingerprint density at radius 2 is 1.77 bits per heavy atom. The lowest BCUT2D eigenvalue weighted by atomic mass is 10.0. The summed E-state index contributed by atoms with van der Waals surface area (Å²) in [6.45, 7) is 9.66. The minimum atomic E-state index is -0.717. The molecule has 1 N–H and O–H groups in total. The Balaban J connectivity index is 2.71. The van der Waals surface area contributed by atoms with Crippen molar-refractivity contribution in [1.82, 2.24) is 5.32 Å². The number of ketones is 1. The van der Waals surface area contributed by atoms with E-state index in [-0.39, 0.29) is 5.78 Å². The van der Waals surface area contributed by atoms with Crippen molar-refractivity contribution in [2.75, 3.05) is 0 Å². The van der Waals surface area contributed by atoms with Crippen LogP contribution in [0, 0.1) is 0 Å². The monoisotopic (exact) mass is 363 g/mol. The molecule has 0 heterocycles. The molecular formula is C21H33NO4. The van der Waals surface area contributed by atoms with Crippen molar-refractivity contribution in [2.24, 2.45) is 0 Å². The van der Waals surface area contributed by atoms with Gasteiger partial charge in [-0.2, -0.15) is 0 Å². The summed E-state index contributed by atoms with van der Waals surface area (Å²) in [5.74, 6) is -0.0233. The number of hydrogen-bond donors (Lipinski definition) is 1. The normalized spacial score (nSPS) is 13.7. The fraction of sp³-hybridized carbons (Fsp3) is 0.619. The van der Waals surface area contributed by atoms with Crippen LogP contribution in [0.2, 0.25) is 0 Å². The highest BCUT2D eigenvalue weighted by Crippen LogP contribution is 2.12. The van der Waals surface area contributed by atoms with Gasteiger partial charge in [-0.15, -0.1) is 0 Å². The molecule has 5 nitrogen and oxygen atoms in total. The molecule has 5 heteroatoms. The van der Waals surface area contributed by atoms with Gasteiger partial charge in [-0.3, -0.25) is 4.79 Å². The van der Waals surface area contributed by atoms with E-state index < -0.39 is 23.8 Å². The molecule has 0 saturated heterocycles. The lowest BCUT2D eigenvalue weighted by Crippen LogP contribution is -2.50. The van der Waals surface area contributed by atoms with Crippen molar-refractivity contribution in [3.05, 3.63) is 35.9 Å². The Labute approximate surface area is 157 Å². The molecule has 0 radical (unpaired) electrons. The molecule has 0 aliphatic rings. The van der Waals surface area contributed by atoms with Crippen molar-refractivity contribution >= 4 is 11.9 Å². The predicted octanol–water partition coefficient (Wildman–Crippen LogP) is 4.63. The van der Waals surface area contributed by atoms with Crippen LogP contribution in [-0.4, -0.2) is 29.6 Å². The van der Waals surface area contributed by atoms with Gasteiger partial charge in [-0.25, -0.2) is 4.79 Å². The van der Waals surface area contributed by atoms with E-state index >= 15 is 0 Å². The molecule has 0 spiro atoms. The first kappa shape index (κ1) is 22.2. The van der Waals surface area contributed by atoms with E-state index in [2.05, 4.69) is 12.2 Å². The van der Waals surface area contributed by atoms with Crippen molar-refractivity contribution in [3.63, 3.8) is 0 Å². The highest BCUT2D eigenvalue weighted by Gasteiger charge is 2.29. The third-order valence-electron chi connectivity index (χ3n) is 3.87. The minimum absolute atomic E-state index is 0.0233. The quantitative estimate of drug-likeness (QED) is 0.615. The van der Waals surface area contributed by atoms with E-state index in [4.69, 9.17) is 9.47 Å². The van der Waals surface area contributed by atoms with Crippen LogP contribution in [0.4, 0.5) is 4.79 Å². The smallest absolute Gasteiger partial charge is 0.408 e. The molecule has 1 aromatic carbocycles. The lowest BCUT2D eigenvalue weighted by molar-refractivity contribution is -0.125. The lowest BCUT2D eigenvalue weighted by Gasteiger charge is -2.27. The van der Waals surface area contributed by atoms with Crippen molar-refractivity contribution < 1.29 is 19.1 Å². The molecule has 0 aliphatic heterocycles. The van der Waals surface area contributed by atoms with Gasteiger partial charge in [0, 0.05) is 6.42 Å². The molecule has 1 aromatic rings. The number of nitrogens with one attached hydrogen (secondary N) is 1. The van der Waals surface area contributed by atoms with E-state index in [1.54, 1.807) is 20.8 Å². The summed E-state index contributed by atoms with van der Waals surface area (Å²) >= 11 is 0. The molecule has 0 fully saturated rings. The molecule has 0 bridgehead atoms. The number of unbranched alkanes of at least 4 members (excludes halogenated alkanes) is 2. The summed E-state index contributed by atoms with van der Waals surface area (Å²) < 4.78 is 11.2. The minimum Gasteiger partial charge on any atom is -0.444 e. The number of carbonyl (C=O) groups is 2. The Morgan fingerprint density at radius 1 is 1.12 bits per heavy atom. The number of alkyl carbamates (subject to hydrolysis) is 1. The molecule has 26 heavy (non-hydrogen) atoms. The predicted molar refractivity (Wildman–Crippen MR) is 103 cm³/mol. The molecule has 2 atom stereocenters. The highest BCUT2D eigenvalue weighted by molar-refractivity contribution is 5.88. The second kappa shape index (κ2) is 11.0. The van der Waals surface area contributed by atoms with Crippen molar-refractivity contribution in [2.45, 2.75) is 84.7 Å². The van der Waals surface area contributed by atoms with Crippen LogP contribution in [0.15, 0.2) is 30.3 Å². The number of benzene rings is 1. The van der Waals surface area contributed by atoms with E-state index in [0.717, 1.165) is 24.8 Å². The summed E-state index contributed by atoms with van der Waals surface area (Å²) in [5.41, 5.74) is 0.405. The summed E-state index contributed by atoms with van der Waals surface area (Å²) in [5, 5.41) is 2.70. The third-order valence-corrected chi connectivity index (χ3v) is 3.87. The Kier molecular flexibility index (Phi) is 9.35. The van der Waals surface area contributed by atoms with Gasteiger partial charge in [-0.1, -0.05) is 50.1 Å². The van der Waals surface area contributed by atoms with Gasteiger partial charge in [0.25, 0.3) is 0 Å². The van der Waals surface area contributed by atoms with Crippen LogP contribution in [0.5, 0.6) is 0 Å². The maximum atomic E-state index is 12.6. The maximum Gasteiger partial charge on any atom is 0.408 e. The summed E-state index contributed by atoms with van der Waals surface area (Å²) in [6.07, 6.45) is 2.22. The van der Waals surface area contributed by atoms with E-state index in [1.807, 2.05) is 37.3 Å². The van der Waals surface area contributed by atoms with Crippen LogP contribution in [0.3, 0.4) is 0 Å². The Hall–Kier alpha value is -1.88. The second-order valence-electron chi connectivity index (χ2n) is 7.55. The number of Topliss-reactive ketones (excluding diaryl/α,β-unsaturated/α-hetero) is 1. The van der Waals surface area contributed by atoms with Crippen molar-refractivity contribution in [3.8, 4) is 0 Å². The SMILES string of the molecule is CCCCCC(=O)[C@@H](NC(=O)OC(C)(C)C)[C@@H](C)OCc1ccccc1. The van der Waals surface area contributed by atoms with Gasteiger partial charge in [0.1, 0.15) is 11.6 Å². The molecule has 1 amide bonds. The van der Waals surface area contributed by atoms with Crippen molar-refractivity contribution in [1.29, 1.82) is 0 Å². The second-order valence-corrected chi connectivity index (χ2v) is 7.55. The zero-order valence-electron chi connectivity index (χ0n) is 16.7. The fourth-order valence-corrected chi connectivity index (χ4v) is 2.50. The Morgan fingerprint density at radius 3 is 2.35 bits per heavy atom. The topological polar surface area (TPSA) is 64.6 Å². The van der Waals surface area contributed by atoms with Gasteiger partial charge >= 0.3 is 6.09 Å². The van der Waals surface area contributed by atoms with Crippen LogP contribution in [-0.2, 0) is 20.9 Å².